The van der Waals surface area contributed by atoms with Crippen molar-refractivity contribution in [1.82, 2.24) is 10.2 Å². The largest absolute Gasteiger partial charge is 0.506 e. The number of aromatic hydroxyl groups is 1. The molecule has 1 atom stereocenters. The Morgan fingerprint density at radius 3 is 2.52 bits per heavy atom. The molecule has 0 spiro atoms. The van der Waals surface area contributed by atoms with Gasteiger partial charge in [-0.25, -0.2) is 4.39 Å². The highest BCUT2D eigenvalue weighted by Gasteiger charge is 2.25. The van der Waals surface area contributed by atoms with E-state index in [4.69, 9.17) is 0 Å². The Hall–Kier alpha value is -0.0700. The van der Waals surface area contributed by atoms with E-state index in [1.165, 1.54) is 12.1 Å². The van der Waals surface area contributed by atoms with E-state index in [0.717, 1.165) is 39.0 Å². The molecule has 0 saturated carbocycles. The zero-order chi connectivity index (χ0) is 13.8. The summed E-state index contributed by atoms with van der Waals surface area (Å²) in [5, 5.41) is 13.5. The van der Waals surface area contributed by atoms with Crippen molar-refractivity contribution in [3.8, 4) is 5.75 Å². The van der Waals surface area contributed by atoms with Crippen LogP contribution in [0.25, 0.3) is 0 Å². The lowest BCUT2D eigenvalue weighted by atomic mass is 9.98. The highest BCUT2D eigenvalue weighted by atomic mass is 79.9. The molecule has 21 heavy (non-hydrogen) atoms. The standard InChI is InChI=1S/C14H20BrFN2O.2ClH/c1-2-3-13(18-6-4-17-5-7-18)11-8-10(16)9-12(15)14(11)19;;/h8-9,13,17,19H,2-7H2,1H3;2*1H/t13-;;/m0../s1. The number of piperazine rings is 1. The van der Waals surface area contributed by atoms with E-state index in [1.54, 1.807) is 0 Å². The molecule has 7 heteroatoms. The molecule has 0 bridgehead atoms. The summed E-state index contributed by atoms with van der Waals surface area (Å²) in [6.45, 7) is 5.85. The van der Waals surface area contributed by atoms with Crippen LogP contribution >= 0.6 is 40.7 Å². The van der Waals surface area contributed by atoms with E-state index in [2.05, 4.69) is 33.1 Å². The molecule has 1 aliphatic rings. The van der Waals surface area contributed by atoms with E-state index < -0.39 is 0 Å². The summed E-state index contributed by atoms with van der Waals surface area (Å²) >= 11 is 3.22. The van der Waals surface area contributed by atoms with Gasteiger partial charge in [0, 0.05) is 37.8 Å². The monoisotopic (exact) mass is 402 g/mol. The maximum Gasteiger partial charge on any atom is 0.134 e. The third-order valence-electron chi connectivity index (χ3n) is 3.57. The van der Waals surface area contributed by atoms with Crippen LogP contribution in [0.2, 0.25) is 0 Å². The lowest BCUT2D eigenvalue weighted by Gasteiger charge is -2.35. The molecule has 1 aromatic carbocycles. The van der Waals surface area contributed by atoms with Crippen LogP contribution in [0.3, 0.4) is 0 Å². The summed E-state index contributed by atoms with van der Waals surface area (Å²) in [6, 6.07) is 2.85. The second-order valence-corrected chi connectivity index (χ2v) is 5.77. The zero-order valence-electron chi connectivity index (χ0n) is 11.9. The molecule has 1 aliphatic heterocycles. The van der Waals surface area contributed by atoms with Crippen LogP contribution in [0.1, 0.15) is 31.4 Å². The van der Waals surface area contributed by atoms with E-state index in [1.807, 2.05) is 0 Å². The first-order chi connectivity index (χ1) is 9.13. The Labute approximate surface area is 146 Å². The van der Waals surface area contributed by atoms with Crippen molar-refractivity contribution in [2.24, 2.45) is 0 Å². The number of nitrogens with one attached hydrogen (secondary N) is 1. The number of phenolic OH excluding ortho intramolecular Hbond substituents is 1. The van der Waals surface area contributed by atoms with E-state index >= 15 is 0 Å². The Bertz CT molecular complexity index is 445. The summed E-state index contributed by atoms with van der Waals surface area (Å²) in [6.07, 6.45) is 1.92. The summed E-state index contributed by atoms with van der Waals surface area (Å²) in [5.41, 5.74) is 0.690. The normalized spacial score (nSPS) is 16.7. The highest BCUT2D eigenvalue weighted by Crippen LogP contribution is 2.37. The molecule has 2 rings (SSSR count). The molecule has 1 saturated heterocycles. The van der Waals surface area contributed by atoms with Crippen LogP contribution in [-0.4, -0.2) is 36.2 Å². The number of rotatable bonds is 4. The molecule has 0 aliphatic carbocycles. The lowest BCUT2D eigenvalue weighted by molar-refractivity contribution is 0.161. The van der Waals surface area contributed by atoms with Gasteiger partial charge in [-0.3, -0.25) is 4.90 Å². The lowest BCUT2D eigenvalue weighted by Crippen LogP contribution is -2.45. The topological polar surface area (TPSA) is 35.5 Å². The maximum absolute atomic E-state index is 13.6. The molecule has 0 unspecified atom stereocenters. The molecule has 1 fully saturated rings. The Morgan fingerprint density at radius 2 is 1.95 bits per heavy atom. The Kier molecular flexibility index (Phi) is 9.81. The molecule has 0 amide bonds. The SMILES string of the molecule is CCC[C@@H](c1cc(F)cc(Br)c1O)N1CCNCC1.Cl.Cl. The van der Waals surface area contributed by atoms with Gasteiger partial charge in [0.15, 0.2) is 0 Å². The molecule has 3 nitrogen and oxygen atoms in total. The minimum Gasteiger partial charge on any atom is -0.506 e. The van der Waals surface area contributed by atoms with Crippen LogP contribution in [0.5, 0.6) is 5.75 Å². The second kappa shape index (κ2) is 9.85. The maximum atomic E-state index is 13.6. The van der Waals surface area contributed by atoms with Gasteiger partial charge in [0.1, 0.15) is 11.6 Å². The summed E-state index contributed by atoms with van der Waals surface area (Å²) < 4.78 is 14.0. The van der Waals surface area contributed by atoms with E-state index in [0.29, 0.717) is 10.0 Å². The molecule has 1 aromatic rings. The quantitative estimate of drug-likeness (QED) is 0.800. The third kappa shape index (κ3) is 5.25. The molecule has 2 N–H and O–H groups in total. The van der Waals surface area contributed by atoms with Crippen molar-refractivity contribution in [1.29, 1.82) is 0 Å². The predicted molar refractivity (Wildman–Crippen MR) is 92.4 cm³/mol. The van der Waals surface area contributed by atoms with Crippen molar-refractivity contribution in [3.05, 3.63) is 28.0 Å². The van der Waals surface area contributed by atoms with E-state index in [9.17, 15) is 9.50 Å². The smallest absolute Gasteiger partial charge is 0.134 e. The van der Waals surface area contributed by atoms with Gasteiger partial charge in [-0.15, -0.1) is 24.8 Å². The molecule has 122 valence electrons. The van der Waals surface area contributed by atoms with Crippen LogP contribution in [0.4, 0.5) is 4.39 Å². The molecule has 0 aromatic heterocycles. The van der Waals surface area contributed by atoms with Gasteiger partial charge in [-0.05, 0) is 34.5 Å². The van der Waals surface area contributed by atoms with Gasteiger partial charge in [0.25, 0.3) is 0 Å². The molecular weight excluding hydrogens is 382 g/mol. The highest BCUT2D eigenvalue weighted by molar-refractivity contribution is 9.10. The van der Waals surface area contributed by atoms with Crippen molar-refractivity contribution >= 4 is 40.7 Å². The van der Waals surface area contributed by atoms with Gasteiger partial charge in [0.2, 0.25) is 0 Å². The van der Waals surface area contributed by atoms with Crippen molar-refractivity contribution in [2.75, 3.05) is 26.2 Å². The van der Waals surface area contributed by atoms with Crippen LogP contribution in [0, 0.1) is 5.82 Å². The van der Waals surface area contributed by atoms with Crippen LogP contribution in [0.15, 0.2) is 16.6 Å². The number of phenols is 1. The number of hydrogen-bond donors (Lipinski definition) is 2. The molecule has 0 radical (unpaired) electrons. The van der Waals surface area contributed by atoms with Gasteiger partial charge >= 0.3 is 0 Å². The fraction of sp³-hybridized carbons (Fsp3) is 0.571. The van der Waals surface area contributed by atoms with Gasteiger partial charge in [-0.2, -0.15) is 0 Å². The summed E-state index contributed by atoms with van der Waals surface area (Å²) in [5.74, 6) is -0.144. The first-order valence-corrected chi connectivity index (χ1v) is 7.55. The fourth-order valence-corrected chi connectivity index (χ4v) is 3.09. The molecule has 1 heterocycles. The minimum absolute atomic E-state index is 0. The second-order valence-electron chi connectivity index (χ2n) is 4.92. The number of hydrogen-bond acceptors (Lipinski definition) is 3. The number of nitrogens with zero attached hydrogens (tertiary/aromatic N) is 1. The van der Waals surface area contributed by atoms with Gasteiger partial charge in [-0.1, -0.05) is 13.3 Å². The average Bonchev–Trinajstić information content (AvgIpc) is 2.41. The van der Waals surface area contributed by atoms with Crippen molar-refractivity contribution in [3.63, 3.8) is 0 Å². The fourth-order valence-electron chi connectivity index (χ4n) is 2.64. The van der Waals surface area contributed by atoms with Gasteiger partial charge < -0.3 is 10.4 Å². The number of halogens is 4. The predicted octanol–water partition coefficient (Wildman–Crippen LogP) is 3.88. The Morgan fingerprint density at radius 1 is 1.33 bits per heavy atom. The zero-order valence-corrected chi connectivity index (χ0v) is 15.2. The minimum atomic E-state index is -0.309. The summed E-state index contributed by atoms with van der Waals surface area (Å²) in [7, 11) is 0. The average molecular weight is 404 g/mol. The Balaban J connectivity index is 0.00000200. The first kappa shape index (κ1) is 20.9. The van der Waals surface area contributed by atoms with Crippen LogP contribution < -0.4 is 5.32 Å². The molecular formula is C14H22BrCl2FN2O. The summed E-state index contributed by atoms with van der Waals surface area (Å²) in [4.78, 5) is 2.32. The first-order valence-electron chi connectivity index (χ1n) is 6.76. The van der Waals surface area contributed by atoms with Crippen LogP contribution in [-0.2, 0) is 0 Å². The van der Waals surface area contributed by atoms with Crippen molar-refractivity contribution < 1.29 is 9.50 Å². The number of benzene rings is 1. The third-order valence-corrected chi connectivity index (χ3v) is 4.18. The van der Waals surface area contributed by atoms with E-state index in [-0.39, 0.29) is 42.4 Å². The van der Waals surface area contributed by atoms with Gasteiger partial charge in [0.05, 0.1) is 4.47 Å². The van der Waals surface area contributed by atoms with Crippen molar-refractivity contribution in [2.45, 2.75) is 25.8 Å².